The van der Waals surface area contributed by atoms with E-state index in [4.69, 9.17) is 9.57 Å². The molecule has 0 saturated heterocycles. The van der Waals surface area contributed by atoms with Gasteiger partial charge in [-0.25, -0.2) is 4.68 Å². The summed E-state index contributed by atoms with van der Waals surface area (Å²) in [6, 6.07) is 25.6. The number of carboxylic acids is 1. The van der Waals surface area contributed by atoms with Gasteiger partial charge in [0, 0.05) is 11.8 Å². The Hall–Kier alpha value is -4.39. The number of hydrogen-bond donors (Lipinski definition) is 1. The highest BCUT2D eigenvalue weighted by molar-refractivity contribution is 6.04. The van der Waals surface area contributed by atoms with Gasteiger partial charge in [0.15, 0.2) is 0 Å². The van der Waals surface area contributed by atoms with E-state index in [0.717, 1.165) is 28.8 Å². The predicted octanol–water partition coefficient (Wildman–Crippen LogP) is 6.88. The van der Waals surface area contributed by atoms with Crippen LogP contribution in [-0.4, -0.2) is 26.6 Å². The second kappa shape index (κ2) is 13.1. The first-order valence-electron chi connectivity index (χ1n) is 13.5. The Morgan fingerprint density at radius 2 is 1.60 bits per heavy atom. The van der Waals surface area contributed by atoms with E-state index in [1.807, 2.05) is 65.5 Å². The lowest BCUT2D eigenvalue weighted by Crippen LogP contribution is -2.37. The van der Waals surface area contributed by atoms with E-state index in [2.05, 4.69) is 48.4 Å². The lowest BCUT2D eigenvalue weighted by atomic mass is 9.80. The maximum atomic E-state index is 12.2. The number of nitrogens with zero attached hydrogens (tertiary/aromatic N) is 3. The number of aromatic nitrogens is 2. The summed E-state index contributed by atoms with van der Waals surface area (Å²) in [6.45, 7) is 8.45. The fraction of sp³-hybridized carbons (Fsp3) is 0.303. The van der Waals surface area contributed by atoms with Crippen LogP contribution in [-0.2, 0) is 35.7 Å². The van der Waals surface area contributed by atoms with E-state index in [-0.39, 0.29) is 13.0 Å². The van der Waals surface area contributed by atoms with E-state index in [9.17, 15) is 9.90 Å². The molecule has 3 aromatic carbocycles. The zero-order chi connectivity index (χ0) is 28.5. The first kappa shape index (κ1) is 28.6. The molecule has 4 rings (SSSR count). The van der Waals surface area contributed by atoms with Gasteiger partial charge in [-0.2, -0.15) is 5.10 Å². The van der Waals surface area contributed by atoms with Crippen molar-refractivity contribution < 1.29 is 19.5 Å². The Labute approximate surface area is 236 Å². The molecular formula is C33H37N3O4. The minimum atomic E-state index is -1.21. The van der Waals surface area contributed by atoms with Crippen molar-refractivity contribution in [1.82, 2.24) is 9.78 Å². The van der Waals surface area contributed by atoms with E-state index < -0.39 is 11.4 Å². The number of oxime groups is 1. The Balaban J connectivity index is 1.33. The molecule has 0 bridgehead atoms. The molecule has 1 aromatic heterocycles. The van der Waals surface area contributed by atoms with E-state index in [0.29, 0.717) is 24.0 Å². The molecule has 1 heterocycles. The highest BCUT2D eigenvalue weighted by Gasteiger charge is 2.37. The second-order valence-electron chi connectivity index (χ2n) is 10.7. The number of hydrogen-bond acceptors (Lipinski definition) is 5. The third-order valence-electron chi connectivity index (χ3n) is 6.91. The third kappa shape index (κ3) is 7.59. The summed E-state index contributed by atoms with van der Waals surface area (Å²) >= 11 is 0. The maximum absolute atomic E-state index is 12.2. The van der Waals surface area contributed by atoms with Gasteiger partial charge in [-0.05, 0) is 73.6 Å². The van der Waals surface area contributed by atoms with Gasteiger partial charge < -0.3 is 14.7 Å². The minimum Gasteiger partial charge on any atom is -0.489 e. The number of ether oxygens (including phenoxy) is 1. The van der Waals surface area contributed by atoms with Crippen molar-refractivity contribution in [3.05, 3.63) is 114 Å². The molecule has 4 aromatic rings. The number of carbonyl (C=O) groups is 1. The zero-order valence-corrected chi connectivity index (χ0v) is 23.6. The van der Waals surface area contributed by atoms with Crippen molar-refractivity contribution >= 4 is 11.7 Å². The van der Waals surface area contributed by atoms with E-state index in [1.54, 1.807) is 20.0 Å². The van der Waals surface area contributed by atoms with Gasteiger partial charge in [0.25, 0.3) is 0 Å². The van der Waals surface area contributed by atoms with Crippen LogP contribution in [0.1, 0.15) is 49.9 Å². The van der Waals surface area contributed by atoms with Crippen molar-refractivity contribution in [3.8, 4) is 11.4 Å². The third-order valence-corrected chi connectivity index (χ3v) is 6.91. The van der Waals surface area contributed by atoms with E-state index >= 15 is 0 Å². The summed E-state index contributed by atoms with van der Waals surface area (Å²) in [5, 5.41) is 18.6. The van der Waals surface area contributed by atoms with Crippen molar-refractivity contribution in [2.24, 2.45) is 16.5 Å². The van der Waals surface area contributed by atoms with Crippen LogP contribution in [0, 0.1) is 11.3 Å². The van der Waals surface area contributed by atoms with E-state index in [1.165, 1.54) is 5.56 Å². The molecule has 0 aliphatic carbocycles. The lowest BCUT2D eigenvalue weighted by molar-refractivity contribution is -0.144. The lowest BCUT2D eigenvalue weighted by Gasteiger charge is -2.24. The number of rotatable bonds is 13. The van der Waals surface area contributed by atoms with Gasteiger partial charge in [0.1, 0.15) is 24.4 Å². The molecule has 0 spiro atoms. The summed E-state index contributed by atoms with van der Waals surface area (Å²) < 4.78 is 7.81. The number of aliphatic carboxylic acids is 1. The van der Waals surface area contributed by atoms with Crippen LogP contribution in [0.4, 0.5) is 0 Å². The standard InChI is InChI=1S/C33H37N3O4/c1-24(2)18-26-10-14-30(15-11-26)36-21-29(20-34-36)22-39-31-16-12-27(13-17-31)19-33(4,32(37)38)25(3)35-40-23-28-8-6-5-7-9-28/h5-17,20-21,24H,18-19,22-23H2,1-4H3,(H,37,38). The molecule has 1 N–H and O–H groups in total. The molecule has 40 heavy (non-hydrogen) atoms. The molecule has 0 aliphatic heterocycles. The molecule has 208 valence electrons. The van der Waals surface area contributed by atoms with Crippen molar-refractivity contribution in [2.75, 3.05) is 0 Å². The van der Waals surface area contributed by atoms with Crippen LogP contribution in [0.15, 0.2) is 96.4 Å². The minimum absolute atomic E-state index is 0.273. The Morgan fingerprint density at radius 1 is 0.925 bits per heavy atom. The van der Waals surface area contributed by atoms with Crippen molar-refractivity contribution in [3.63, 3.8) is 0 Å². The van der Waals surface area contributed by atoms with Crippen LogP contribution in [0.5, 0.6) is 5.75 Å². The largest absolute Gasteiger partial charge is 0.489 e. The SMILES string of the molecule is CC(=NOCc1ccccc1)C(C)(Cc1ccc(OCc2cnn(-c3ccc(CC(C)C)cc3)c2)cc1)C(=O)O. The van der Waals surface area contributed by atoms with Crippen LogP contribution < -0.4 is 4.74 Å². The van der Waals surface area contributed by atoms with Gasteiger partial charge in [0.05, 0.1) is 17.6 Å². The van der Waals surface area contributed by atoms with Crippen molar-refractivity contribution in [2.45, 2.75) is 53.8 Å². The predicted molar refractivity (Wildman–Crippen MR) is 157 cm³/mol. The molecule has 0 fully saturated rings. The highest BCUT2D eigenvalue weighted by atomic mass is 16.6. The monoisotopic (exact) mass is 539 g/mol. The normalized spacial score (nSPS) is 13.2. The molecule has 7 nitrogen and oxygen atoms in total. The molecule has 0 radical (unpaired) electrons. The summed E-state index contributed by atoms with van der Waals surface area (Å²) in [4.78, 5) is 17.7. The average molecular weight is 540 g/mol. The molecule has 0 aliphatic rings. The first-order valence-corrected chi connectivity index (χ1v) is 13.5. The number of benzene rings is 3. The molecular weight excluding hydrogens is 502 g/mol. The van der Waals surface area contributed by atoms with Gasteiger partial charge in [-0.15, -0.1) is 0 Å². The molecule has 7 heteroatoms. The first-order chi connectivity index (χ1) is 19.2. The maximum Gasteiger partial charge on any atom is 0.315 e. The second-order valence-corrected chi connectivity index (χ2v) is 10.7. The number of carboxylic acid groups (broad SMARTS) is 1. The quantitative estimate of drug-likeness (QED) is 0.148. The molecule has 1 unspecified atom stereocenters. The smallest absolute Gasteiger partial charge is 0.315 e. The summed E-state index contributed by atoms with van der Waals surface area (Å²) in [5.41, 5.74) is 4.31. The fourth-order valence-electron chi connectivity index (χ4n) is 4.35. The van der Waals surface area contributed by atoms with Gasteiger partial charge >= 0.3 is 5.97 Å². The molecule has 0 amide bonds. The zero-order valence-electron chi connectivity index (χ0n) is 23.6. The summed E-state index contributed by atoms with van der Waals surface area (Å²) in [5.74, 6) is 0.366. The van der Waals surface area contributed by atoms with Gasteiger partial charge in [-0.1, -0.05) is 73.6 Å². The van der Waals surface area contributed by atoms with Crippen LogP contribution in [0.2, 0.25) is 0 Å². The Bertz CT molecular complexity index is 1410. The topological polar surface area (TPSA) is 85.9 Å². The van der Waals surface area contributed by atoms with Gasteiger partial charge in [-0.3, -0.25) is 4.79 Å². The van der Waals surface area contributed by atoms with Gasteiger partial charge in [0.2, 0.25) is 0 Å². The van der Waals surface area contributed by atoms with Crippen LogP contribution in [0.25, 0.3) is 5.69 Å². The molecule has 0 saturated carbocycles. The Kier molecular flexibility index (Phi) is 9.38. The van der Waals surface area contributed by atoms with Crippen LogP contribution >= 0.6 is 0 Å². The Morgan fingerprint density at radius 3 is 2.25 bits per heavy atom. The molecule has 1 atom stereocenters. The highest BCUT2D eigenvalue weighted by Crippen LogP contribution is 2.27. The van der Waals surface area contributed by atoms with Crippen LogP contribution in [0.3, 0.4) is 0 Å². The average Bonchev–Trinajstić information content (AvgIpc) is 3.42. The fourth-order valence-corrected chi connectivity index (χ4v) is 4.35. The summed E-state index contributed by atoms with van der Waals surface area (Å²) in [7, 11) is 0. The van der Waals surface area contributed by atoms with Crippen molar-refractivity contribution in [1.29, 1.82) is 0 Å². The summed E-state index contributed by atoms with van der Waals surface area (Å²) in [6.07, 6.45) is 5.10.